The number of hydrogen-bond donors (Lipinski definition) is 9. The normalized spacial score (nSPS) is 11.0. The van der Waals surface area contributed by atoms with Crippen LogP contribution in [0.3, 0.4) is 0 Å². The highest BCUT2D eigenvalue weighted by Gasteiger charge is 2.19. The number of aromatic nitrogens is 2. The Hall–Kier alpha value is -8.68. The number of nitro groups is 1. The summed E-state index contributed by atoms with van der Waals surface area (Å²) in [7, 11) is 0. The summed E-state index contributed by atoms with van der Waals surface area (Å²) in [6.45, 7) is 0.740. The number of aromatic hydroxyl groups is 5. The van der Waals surface area contributed by atoms with E-state index in [9.17, 15) is 54.8 Å². The van der Waals surface area contributed by atoms with Gasteiger partial charge in [-0.2, -0.15) is 0 Å². The lowest BCUT2D eigenvalue weighted by atomic mass is 10.1. The zero-order valence-corrected chi connectivity index (χ0v) is 34.6. The van der Waals surface area contributed by atoms with E-state index in [0.29, 0.717) is 47.4 Å². The van der Waals surface area contributed by atoms with Crippen molar-refractivity contribution in [2.45, 2.75) is 32.1 Å². The summed E-state index contributed by atoms with van der Waals surface area (Å²) in [5.74, 6) is -3.60. The second-order valence-electron chi connectivity index (χ2n) is 14.4. The Bertz CT molecular complexity index is 2740. The highest BCUT2D eigenvalue weighted by molar-refractivity contribution is 5.99. The van der Waals surface area contributed by atoms with Crippen molar-refractivity contribution < 1.29 is 54.1 Å². The minimum Gasteiger partial charge on any atom is -0.508 e. The molecule has 0 unspecified atom stereocenters. The Morgan fingerprint density at radius 1 is 0.708 bits per heavy atom. The zero-order chi connectivity index (χ0) is 46.5. The van der Waals surface area contributed by atoms with Gasteiger partial charge in [0.2, 0.25) is 11.8 Å². The number of rotatable bonds is 20. The largest absolute Gasteiger partial charge is 0.508 e. The molecule has 6 rings (SSSR count). The van der Waals surface area contributed by atoms with Gasteiger partial charge in [-0.05, 0) is 104 Å². The molecule has 65 heavy (non-hydrogen) atoms. The van der Waals surface area contributed by atoms with Crippen LogP contribution in [0.2, 0.25) is 0 Å². The number of amides is 4. The number of carbonyl (C=O) groups excluding carboxylic acids is 4. The number of hydrogen-bond acceptors (Lipinski definition) is 15. The summed E-state index contributed by atoms with van der Waals surface area (Å²) in [6, 6.07) is 21.9. The first-order chi connectivity index (χ1) is 31.2. The van der Waals surface area contributed by atoms with Crippen LogP contribution < -0.4 is 21.3 Å². The zero-order valence-electron chi connectivity index (χ0n) is 34.6. The van der Waals surface area contributed by atoms with E-state index in [2.05, 4.69) is 31.2 Å². The molecule has 0 atom stereocenters. The van der Waals surface area contributed by atoms with E-state index in [4.69, 9.17) is 4.42 Å². The summed E-state index contributed by atoms with van der Waals surface area (Å²) in [6.07, 6.45) is 3.78. The number of benzene rings is 4. The SMILES string of the molecule is O=C(CCC(=O)N(CCCCNC(=O)c1cccc(O)c1O)CCCNC(=O)c1cccc(O)c1O)Nc1ccc2c(Nc3ccc(O)cc3)nc(/C=C/c3ccc([N+](=O)[O-])o3)nc2c1. The minimum absolute atomic E-state index is 0.0671. The third kappa shape index (κ3) is 12.5. The van der Waals surface area contributed by atoms with E-state index >= 15 is 0 Å². The number of nitrogens with one attached hydrogen (secondary N) is 4. The van der Waals surface area contributed by atoms with E-state index in [-0.39, 0.29) is 73.4 Å². The Morgan fingerprint density at radius 3 is 1.98 bits per heavy atom. The topological polar surface area (TPSA) is 303 Å². The van der Waals surface area contributed by atoms with Gasteiger partial charge in [-0.1, -0.05) is 12.1 Å². The smallest absolute Gasteiger partial charge is 0.433 e. The molecule has 336 valence electrons. The van der Waals surface area contributed by atoms with Crippen LogP contribution in [0.25, 0.3) is 23.1 Å². The number of furan rings is 1. The molecule has 0 aliphatic carbocycles. The summed E-state index contributed by atoms with van der Waals surface area (Å²) in [5, 5.41) is 72.3. The number of phenols is 5. The molecule has 6 aromatic rings. The van der Waals surface area contributed by atoms with Crippen LogP contribution in [0.4, 0.5) is 23.1 Å². The first-order valence-electron chi connectivity index (χ1n) is 20.2. The summed E-state index contributed by atoms with van der Waals surface area (Å²) in [4.78, 5) is 73.2. The maximum absolute atomic E-state index is 13.6. The molecule has 0 aliphatic rings. The quantitative estimate of drug-likeness (QED) is 0.0137. The fourth-order valence-electron chi connectivity index (χ4n) is 6.45. The van der Waals surface area contributed by atoms with Crippen LogP contribution in [-0.2, 0) is 9.59 Å². The highest BCUT2D eigenvalue weighted by Crippen LogP contribution is 2.30. The van der Waals surface area contributed by atoms with Crippen molar-refractivity contribution in [1.29, 1.82) is 0 Å². The molecule has 2 heterocycles. The molecule has 2 aromatic heterocycles. The van der Waals surface area contributed by atoms with Gasteiger partial charge in [-0.25, -0.2) is 9.97 Å². The number of phenolic OH excluding ortho intramolecular Hbond substituents is 5. The van der Waals surface area contributed by atoms with Crippen molar-refractivity contribution in [3.05, 3.63) is 124 Å². The molecule has 0 radical (unpaired) electrons. The monoisotopic (exact) mass is 888 g/mol. The number of anilines is 3. The van der Waals surface area contributed by atoms with Crippen molar-refractivity contribution in [3.8, 4) is 28.7 Å². The fraction of sp³-hybridized carbons (Fsp3) is 0.200. The lowest BCUT2D eigenvalue weighted by Gasteiger charge is -2.23. The van der Waals surface area contributed by atoms with Crippen LogP contribution in [0.5, 0.6) is 28.7 Å². The van der Waals surface area contributed by atoms with Gasteiger partial charge in [-0.3, -0.25) is 29.3 Å². The van der Waals surface area contributed by atoms with Gasteiger partial charge in [0.15, 0.2) is 28.8 Å². The number of fused-ring (bicyclic) bond motifs is 1. The van der Waals surface area contributed by atoms with Crippen LogP contribution in [0, 0.1) is 10.1 Å². The molecule has 20 nitrogen and oxygen atoms in total. The Morgan fingerprint density at radius 2 is 1.34 bits per heavy atom. The van der Waals surface area contributed by atoms with E-state index < -0.39 is 51.5 Å². The molecular weight excluding hydrogens is 845 g/mol. The van der Waals surface area contributed by atoms with E-state index in [1.165, 1.54) is 72.8 Å². The van der Waals surface area contributed by atoms with Gasteiger partial charge in [0, 0.05) is 55.8 Å². The Balaban J connectivity index is 1.09. The maximum Gasteiger partial charge on any atom is 0.433 e. The van der Waals surface area contributed by atoms with Crippen molar-refractivity contribution in [2.75, 3.05) is 36.8 Å². The summed E-state index contributed by atoms with van der Waals surface area (Å²) >= 11 is 0. The average Bonchev–Trinajstić information content (AvgIpc) is 3.77. The van der Waals surface area contributed by atoms with Crippen LogP contribution in [-0.4, -0.2) is 95.1 Å². The molecule has 0 aliphatic heterocycles. The molecular formula is C45H44N8O12. The molecule has 0 saturated heterocycles. The molecule has 20 heteroatoms. The van der Waals surface area contributed by atoms with Crippen LogP contribution >= 0.6 is 0 Å². The fourth-order valence-corrected chi connectivity index (χ4v) is 6.45. The average molecular weight is 889 g/mol. The number of para-hydroxylation sites is 2. The predicted molar refractivity (Wildman–Crippen MR) is 238 cm³/mol. The second kappa shape index (κ2) is 21.4. The first-order valence-corrected chi connectivity index (χ1v) is 20.2. The Labute approximate surface area is 370 Å². The van der Waals surface area contributed by atoms with Gasteiger partial charge in [0.05, 0.1) is 22.7 Å². The predicted octanol–water partition coefficient (Wildman–Crippen LogP) is 6.15. The second-order valence-corrected chi connectivity index (χ2v) is 14.4. The number of unbranched alkanes of at least 4 members (excludes halogenated alkanes) is 1. The number of nitrogens with zero attached hydrogens (tertiary/aromatic N) is 4. The van der Waals surface area contributed by atoms with Gasteiger partial charge in [0.1, 0.15) is 22.3 Å². The summed E-state index contributed by atoms with van der Waals surface area (Å²) < 4.78 is 5.21. The van der Waals surface area contributed by atoms with E-state index in [1.807, 2.05) is 0 Å². The third-order valence-electron chi connectivity index (χ3n) is 9.79. The Kier molecular flexibility index (Phi) is 15.1. The molecule has 4 aromatic carbocycles. The minimum atomic E-state index is -0.659. The lowest BCUT2D eigenvalue weighted by molar-refractivity contribution is -0.402. The van der Waals surface area contributed by atoms with Crippen molar-refractivity contribution in [1.82, 2.24) is 25.5 Å². The van der Waals surface area contributed by atoms with E-state index in [1.54, 1.807) is 35.2 Å². The van der Waals surface area contributed by atoms with Crippen molar-refractivity contribution in [3.63, 3.8) is 0 Å². The number of carbonyl (C=O) groups is 4. The highest BCUT2D eigenvalue weighted by atomic mass is 16.6. The molecule has 9 N–H and O–H groups in total. The molecule has 0 saturated carbocycles. The van der Waals surface area contributed by atoms with Crippen molar-refractivity contribution >= 4 is 69.8 Å². The molecule has 0 fully saturated rings. The summed E-state index contributed by atoms with van der Waals surface area (Å²) in [5.41, 5.74) is 1.17. The van der Waals surface area contributed by atoms with Crippen molar-refractivity contribution in [2.24, 2.45) is 0 Å². The van der Waals surface area contributed by atoms with Crippen LogP contribution in [0.15, 0.2) is 95.4 Å². The maximum atomic E-state index is 13.6. The first kappa shape index (κ1) is 45.8. The van der Waals surface area contributed by atoms with Gasteiger partial charge in [-0.15, -0.1) is 0 Å². The van der Waals surface area contributed by atoms with Gasteiger partial charge < -0.3 is 56.1 Å². The molecule has 4 amide bonds. The van der Waals surface area contributed by atoms with E-state index in [0.717, 1.165) is 0 Å². The lowest BCUT2D eigenvalue weighted by Crippen LogP contribution is -2.36. The third-order valence-corrected chi connectivity index (χ3v) is 9.79. The van der Waals surface area contributed by atoms with Gasteiger partial charge in [0.25, 0.3) is 11.8 Å². The molecule has 0 bridgehead atoms. The molecule has 0 spiro atoms. The standard InChI is InChI=1S/C45H44N8O12/c54-29-13-10-27(11-14-29)49-43-31-17-12-28(26-34(31)50-37(51-43)18-15-30-16-21-40(65-30)53(63)64)48-38(57)19-20-39(58)52(25-5-23-47-45(62)33-7-4-9-36(56)42(33)60)24-2-1-22-46-44(61)32-6-3-8-35(55)41(32)59/h3-4,6-18,21,26,54-56,59-60H,1-2,5,19-20,22-25H2,(H,46,61)(H,47,62)(H,48,57)(H,49,50,51)/b18-15+. The van der Waals surface area contributed by atoms with Gasteiger partial charge >= 0.3 is 5.88 Å². The van der Waals surface area contributed by atoms with Crippen LogP contribution in [0.1, 0.15) is 64.4 Å².